The van der Waals surface area contributed by atoms with Crippen molar-refractivity contribution >= 4 is 27.5 Å². The average Bonchev–Trinajstić information content (AvgIpc) is 3.05. The summed E-state index contributed by atoms with van der Waals surface area (Å²) in [5.74, 6) is 0.0579. The first-order valence-corrected chi connectivity index (χ1v) is 18.4. The zero-order valence-corrected chi connectivity index (χ0v) is 30.5. The van der Waals surface area contributed by atoms with E-state index in [1.165, 1.54) is 5.56 Å². The van der Waals surface area contributed by atoms with E-state index in [-0.39, 0.29) is 11.9 Å². The van der Waals surface area contributed by atoms with Crippen LogP contribution in [-0.4, -0.2) is 62.6 Å². The van der Waals surface area contributed by atoms with Crippen LogP contribution in [0, 0.1) is 0 Å². The molecule has 1 fully saturated rings. The fourth-order valence-corrected chi connectivity index (χ4v) is 6.25. The van der Waals surface area contributed by atoms with E-state index in [9.17, 15) is 5.11 Å². The van der Waals surface area contributed by atoms with Crippen LogP contribution in [0.1, 0.15) is 114 Å². The second-order valence-corrected chi connectivity index (χ2v) is 13.2. The van der Waals surface area contributed by atoms with Crippen LogP contribution in [0.25, 0.3) is 0 Å². The molecule has 0 amide bonds. The summed E-state index contributed by atoms with van der Waals surface area (Å²) in [6.45, 7) is 13.5. The Hall–Kier alpha value is -1.19. The molecule has 0 aromatic heterocycles. The molecule has 2 aromatic rings. The summed E-state index contributed by atoms with van der Waals surface area (Å²) in [5, 5.41) is 12.1. The van der Waals surface area contributed by atoms with Gasteiger partial charge in [-0.1, -0.05) is 96.2 Å². The van der Waals surface area contributed by atoms with E-state index in [1.54, 1.807) is 0 Å². The number of benzene rings is 2. The van der Waals surface area contributed by atoms with E-state index in [0.29, 0.717) is 54.5 Å². The van der Waals surface area contributed by atoms with Crippen molar-refractivity contribution in [1.82, 2.24) is 0 Å². The minimum atomic E-state index is -0.617. The molecule has 0 saturated carbocycles. The number of phenols is 1. The smallest absolute Gasteiger partial charge is 0.137 e. The van der Waals surface area contributed by atoms with Crippen LogP contribution < -0.4 is 0 Å². The van der Waals surface area contributed by atoms with Gasteiger partial charge in [0.15, 0.2) is 0 Å². The van der Waals surface area contributed by atoms with Gasteiger partial charge in [0.1, 0.15) is 36.3 Å². The van der Waals surface area contributed by atoms with Crippen molar-refractivity contribution in [3.05, 3.63) is 62.1 Å². The van der Waals surface area contributed by atoms with Gasteiger partial charge in [0.05, 0.1) is 16.1 Å². The molecule has 45 heavy (non-hydrogen) atoms. The highest BCUT2D eigenvalue weighted by atomic mass is 79.9. The third-order valence-electron chi connectivity index (χ3n) is 8.40. The molecule has 1 saturated heterocycles. The molecule has 5 atom stereocenters. The van der Waals surface area contributed by atoms with Crippen LogP contribution in [0.2, 0.25) is 5.02 Å². The molecule has 1 N–H and O–H groups in total. The Labute approximate surface area is 285 Å². The van der Waals surface area contributed by atoms with Crippen LogP contribution in [0.3, 0.4) is 0 Å². The SMILES string of the molecule is CCCCOC[C@H]1OC(c2cc(Cc3ccc(CC)cc3)c(Cl)c(Br)c2O)[C@H](OCCCC)[C@@H](OCCCC)[C@@H]1OCCCC. The lowest BCUT2D eigenvalue weighted by molar-refractivity contribution is -0.268. The lowest BCUT2D eigenvalue weighted by atomic mass is 9.88. The molecule has 8 heteroatoms. The fraction of sp³-hybridized carbons (Fsp3) is 0.676. The lowest BCUT2D eigenvalue weighted by Gasteiger charge is -2.46. The Morgan fingerprint density at radius 3 is 1.87 bits per heavy atom. The summed E-state index contributed by atoms with van der Waals surface area (Å²) in [7, 11) is 0. The number of hydrogen-bond acceptors (Lipinski definition) is 6. The van der Waals surface area contributed by atoms with E-state index in [1.807, 2.05) is 6.07 Å². The van der Waals surface area contributed by atoms with Gasteiger partial charge < -0.3 is 28.8 Å². The Kier molecular flexibility index (Phi) is 17.8. The number of phenolic OH excluding ortho intramolecular Hbond substituents is 1. The normalized spacial score (nSPS) is 21.8. The molecule has 1 heterocycles. The number of halogens is 2. The molecule has 6 nitrogen and oxygen atoms in total. The van der Waals surface area contributed by atoms with Gasteiger partial charge in [0, 0.05) is 32.0 Å². The maximum absolute atomic E-state index is 11.6. The van der Waals surface area contributed by atoms with Gasteiger partial charge >= 0.3 is 0 Å². The van der Waals surface area contributed by atoms with Gasteiger partial charge in [0.2, 0.25) is 0 Å². The van der Waals surface area contributed by atoms with E-state index in [4.69, 9.17) is 35.3 Å². The molecule has 0 spiro atoms. The number of hydrogen-bond donors (Lipinski definition) is 1. The molecule has 1 aliphatic rings. The highest BCUT2D eigenvalue weighted by molar-refractivity contribution is 9.10. The van der Waals surface area contributed by atoms with Gasteiger partial charge in [-0.2, -0.15) is 0 Å². The van der Waals surface area contributed by atoms with Gasteiger partial charge in [-0.3, -0.25) is 0 Å². The van der Waals surface area contributed by atoms with Gasteiger partial charge in [-0.25, -0.2) is 0 Å². The van der Waals surface area contributed by atoms with Crippen LogP contribution in [-0.2, 0) is 36.5 Å². The van der Waals surface area contributed by atoms with Crippen LogP contribution in [0.5, 0.6) is 5.75 Å². The minimum absolute atomic E-state index is 0.0579. The minimum Gasteiger partial charge on any atom is -0.506 e. The van der Waals surface area contributed by atoms with E-state index in [0.717, 1.165) is 68.9 Å². The third kappa shape index (κ3) is 11.2. The second-order valence-electron chi connectivity index (χ2n) is 12.0. The van der Waals surface area contributed by atoms with Crippen molar-refractivity contribution in [3.63, 3.8) is 0 Å². The number of aryl methyl sites for hydroxylation is 1. The average molecular weight is 712 g/mol. The van der Waals surface area contributed by atoms with Crippen molar-refractivity contribution in [1.29, 1.82) is 0 Å². The van der Waals surface area contributed by atoms with Crippen molar-refractivity contribution in [3.8, 4) is 5.75 Å². The van der Waals surface area contributed by atoms with E-state index in [2.05, 4.69) is 74.8 Å². The third-order valence-corrected chi connectivity index (χ3v) is 9.83. The van der Waals surface area contributed by atoms with Crippen LogP contribution in [0.15, 0.2) is 34.8 Å². The monoisotopic (exact) mass is 710 g/mol. The van der Waals surface area contributed by atoms with E-state index < -0.39 is 24.4 Å². The molecular weight excluding hydrogens is 656 g/mol. The number of ether oxygens (including phenoxy) is 5. The molecule has 1 unspecified atom stereocenters. The van der Waals surface area contributed by atoms with Crippen molar-refractivity contribution in [2.45, 2.75) is 129 Å². The molecular formula is C37H56BrClO6. The summed E-state index contributed by atoms with van der Waals surface area (Å²) in [6.07, 6.45) is 7.19. The topological polar surface area (TPSA) is 66.4 Å². The predicted molar refractivity (Wildman–Crippen MR) is 187 cm³/mol. The van der Waals surface area contributed by atoms with Crippen molar-refractivity contribution in [2.24, 2.45) is 0 Å². The summed E-state index contributed by atoms with van der Waals surface area (Å²) < 4.78 is 33.4. The largest absolute Gasteiger partial charge is 0.506 e. The first-order valence-electron chi connectivity index (χ1n) is 17.2. The zero-order valence-electron chi connectivity index (χ0n) is 28.1. The molecule has 0 radical (unpaired) electrons. The highest BCUT2D eigenvalue weighted by Gasteiger charge is 2.49. The van der Waals surface area contributed by atoms with E-state index >= 15 is 0 Å². The highest BCUT2D eigenvalue weighted by Crippen LogP contribution is 2.46. The molecule has 2 aromatic carbocycles. The predicted octanol–water partition coefficient (Wildman–Crippen LogP) is 9.77. The summed E-state index contributed by atoms with van der Waals surface area (Å²) >= 11 is 10.5. The van der Waals surface area contributed by atoms with Crippen LogP contribution >= 0.6 is 27.5 Å². The van der Waals surface area contributed by atoms with Gasteiger partial charge in [-0.05, 0) is 77.2 Å². The maximum atomic E-state index is 11.6. The molecule has 3 rings (SSSR count). The summed E-state index contributed by atoms with van der Waals surface area (Å²) in [6, 6.07) is 10.6. The Bertz CT molecular complexity index is 1110. The number of unbranched alkanes of at least 4 members (excludes halogenated alkanes) is 4. The first kappa shape index (κ1) is 38.3. The van der Waals surface area contributed by atoms with Gasteiger partial charge in [0.25, 0.3) is 0 Å². The fourth-order valence-electron chi connectivity index (χ4n) is 5.56. The molecule has 1 aliphatic heterocycles. The number of rotatable bonds is 21. The summed E-state index contributed by atoms with van der Waals surface area (Å²) in [4.78, 5) is 0. The Morgan fingerprint density at radius 2 is 1.29 bits per heavy atom. The Morgan fingerprint density at radius 1 is 0.756 bits per heavy atom. The first-order chi connectivity index (χ1) is 21.9. The molecule has 254 valence electrons. The second kappa shape index (κ2) is 20.9. The maximum Gasteiger partial charge on any atom is 0.137 e. The quantitative estimate of drug-likeness (QED) is 0.130. The zero-order chi connectivity index (χ0) is 32.6. The molecule has 0 aliphatic carbocycles. The molecule has 0 bridgehead atoms. The van der Waals surface area contributed by atoms with Crippen molar-refractivity contribution < 1.29 is 28.8 Å². The van der Waals surface area contributed by atoms with Crippen molar-refractivity contribution in [2.75, 3.05) is 33.0 Å². The van der Waals surface area contributed by atoms with Gasteiger partial charge in [-0.15, -0.1) is 0 Å². The lowest BCUT2D eigenvalue weighted by Crippen LogP contribution is -2.58. The summed E-state index contributed by atoms with van der Waals surface area (Å²) in [5.41, 5.74) is 3.96. The Balaban J connectivity index is 2.07. The van der Waals surface area contributed by atoms with Crippen LogP contribution in [0.4, 0.5) is 0 Å². The number of aromatic hydroxyl groups is 1. The standard InChI is InChI=1S/C37H56BrClO6/c1-6-11-19-41-25-30-35(42-20-12-7-2)37(44-22-14-9-4)36(43-21-13-8-3)34(45-30)29-24-28(32(39)31(38)33(29)40)23-27-17-15-26(10-5)16-18-27/h15-18,24,30,34-37,40H,6-14,19-23,25H2,1-5H3/t30-,34?,35-,36+,37+/m1/s1.